The van der Waals surface area contributed by atoms with Gasteiger partial charge in [-0.2, -0.15) is 0 Å². The molecule has 0 aliphatic rings. The number of hydrogen-bond donors (Lipinski definition) is 0. The molecule has 1 heterocycles. The van der Waals surface area contributed by atoms with Crippen molar-refractivity contribution in [3.8, 4) is 12.3 Å². The van der Waals surface area contributed by atoms with E-state index in [0.717, 1.165) is 0 Å². The Bertz CT molecular complexity index is 768. The van der Waals surface area contributed by atoms with Crippen LogP contribution in [0.25, 0.3) is 0 Å². The van der Waals surface area contributed by atoms with Gasteiger partial charge in [-0.15, -0.1) is 6.42 Å². The highest BCUT2D eigenvalue weighted by atomic mass is 16.6. The second-order valence-electron chi connectivity index (χ2n) is 4.24. The molecule has 0 aliphatic heterocycles. The van der Waals surface area contributed by atoms with Gasteiger partial charge in [-0.3, -0.25) is 19.7 Å². The molecular weight excluding hydrogens is 272 g/mol. The van der Waals surface area contributed by atoms with Crippen LogP contribution in [0, 0.1) is 22.5 Å². The number of rotatable bonds is 5. The quantitative estimate of drug-likeness (QED) is 0.276. The molecule has 6 nitrogen and oxygen atoms in total. The van der Waals surface area contributed by atoms with Crippen LogP contribution in [0.5, 0.6) is 0 Å². The van der Waals surface area contributed by atoms with E-state index in [4.69, 9.17) is 6.42 Å². The lowest BCUT2D eigenvalue weighted by Crippen LogP contribution is -2.01. The maximum Gasteiger partial charge on any atom is 0.270 e. The average molecular weight is 282 g/mol. The summed E-state index contributed by atoms with van der Waals surface area (Å²) in [5, 5.41) is 10.7. The van der Waals surface area contributed by atoms with Crippen molar-refractivity contribution in [1.29, 1.82) is 0 Å². The van der Waals surface area contributed by atoms with Gasteiger partial charge in [0.1, 0.15) is 0 Å². The highest BCUT2D eigenvalue weighted by molar-refractivity contribution is 6.09. The first-order chi connectivity index (χ1) is 10.1. The Balaban J connectivity index is 2.40. The largest absolute Gasteiger partial charge is 0.333 e. The van der Waals surface area contributed by atoms with Crippen molar-refractivity contribution in [2.75, 3.05) is 0 Å². The third kappa shape index (κ3) is 2.87. The zero-order chi connectivity index (χ0) is 15.4. The summed E-state index contributed by atoms with van der Waals surface area (Å²) in [5.74, 6) is 1.97. The van der Waals surface area contributed by atoms with E-state index in [1.165, 1.54) is 41.1 Å². The number of benzene rings is 1. The Morgan fingerprint density at radius 2 is 2.14 bits per heavy atom. The molecule has 0 saturated carbocycles. The standard InChI is InChI=1S/C15H10N2O4/c1-2-6-16-9-12(8-14(16)10-18)15(19)11-4-3-5-13(7-11)17(20)21/h1,3-5,7-10H,6H2. The Hall–Kier alpha value is -3.20. The minimum absolute atomic E-state index is 0.163. The number of ketones is 1. The van der Waals surface area contributed by atoms with Crippen LogP contribution in [0.4, 0.5) is 5.69 Å². The van der Waals surface area contributed by atoms with E-state index >= 15 is 0 Å². The van der Waals surface area contributed by atoms with Gasteiger partial charge >= 0.3 is 0 Å². The van der Waals surface area contributed by atoms with Gasteiger partial charge in [0.2, 0.25) is 0 Å². The first-order valence-corrected chi connectivity index (χ1v) is 5.94. The van der Waals surface area contributed by atoms with Crippen LogP contribution in [-0.4, -0.2) is 21.6 Å². The number of carbonyl (C=O) groups excluding carboxylic acids is 2. The Labute approximate surface area is 120 Å². The van der Waals surface area contributed by atoms with Crippen molar-refractivity contribution < 1.29 is 14.5 Å². The zero-order valence-electron chi connectivity index (χ0n) is 10.9. The van der Waals surface area contributed by atoms with Gasteiger partial charge in [0.15, 0.2) is 12.1 Å². The molecule has 2 rings (SSSR count). The number of nitrogens with zero attached hydrogens (tertiary/aromatic N) is 2. The van der Waals surface area contributed by atoms with Crippen LogP contribution in [0.1, 0.15) is 26.4 Å². The monoisotopic (exact) mass is 282 g/mol. The van der Waals surface area contributed by atoms with Crippen molar-refractivity contribution in [3.63, 3.8) is 0 Å². The van der Waals surface area contributed by atoms with Crippen molar-refractivity contribution >= 4 is 17.8 Å². The molecule has 0 amide bonds. The molecule has 0 saturated heterocycles. The van der Waals surface area contributed by atoms with Gasteiger partial charge < -0.3 is 4.57 Å². The lowest BCUT2D eigenvalue weighted by atomic mass is 10.1. The molecule has 0 aliphatic carbocycles. The molecule has 104 valence electrons. The number of nitro groups is 1. The fraction of sp³-hybridized carbons (Fsp3) is 0.0667. The highest BCUT2D eigenvalue weighted by Gasteiger charge is 2.16. The Kier molecular flexibility index (Phi) is 3.95. The van der Waals surface area contributed by atoms with Crippen LogP contribution < -0.4 is 0 Å². The number of hydrogen-bond acceptors (Lipinski definition) is 4. The number of aldehydes is 1. The Morgan fingerprint density at radius 3 is 2.76 bits per heavy atom. The van der Waals surface area contributed by atoms with Crippen molar-refractivity contribution in [2.45, 2.75) is 6.54 Å². The summed E-state index contributed by atoms with van der Waals surface area (Å²) in [6.45, 7) is 0.163. The van der Waals surface area contributed by atoms with Gasteiger partial charge in [-0.05, 0) is 6.07 Å². The summed E-state index contributed by atoms with van der Waals surface area (Å²) in [7, 11) is 0. The summed E-state index contributed by atoms with van der Waals surface area (Å²) in [6.07, 6.45) is 7.25. The summed E-state index contributed by atoms with van der Waals surface area (Å²) >= 11 is 0. The molecular formula is C15H10N2O4. The second-order valence-corrected chi connectivity index (χ2v) is 4.24. The maximum atomic E-state index is 12.3. The number of nitro benzene ring substituents is 1. The maximum absolute atomic E-state index is 12.3. The molecule has 0 radical (unpaired) electrons. The molecule has 0 spiro atoms. The Morgan fingerprint density at radius 1 is 1.38 bits per heavy atom. The molecule has 2 aromatic rings. The molecule has 1 aromatic carbocycles. The smallest absolute Gasteiger partial charge is 0.270 e. The van der Waals surface area contributed by atoms with E-state index in [2.05, 4.69) is 5.92 Å². The van der Waals surface area contributed by atoms with Crippen molar-refractivity contribution in [3.05, 3.63) is 63.5 Å². The molecule has 0 bridgehead atoms. The van der Waals surface area contributed by atoms with Gasteiger partial charge in [-0.1, -0.05) is 18.1 Å². The summed E-state index contributed by atoms with van der Waals surface area (Å²) in [4.78, 5) is 33.4. The lowest BCUT2D eigenvalue weighted by molar-refractivity contribution is -0.384. The molecule has 21 heavy (non-hydrogen) atoms. The predicted molar refractivity (Wildman–Crippen MR) is 75.2 cm³/mol. The minimum atomic E-state index is -0.572. The van der Waals surface area contributed by atoms with Crippen molar-refractivity contribution in [1.82, 2.24) is 4.57 Å². The van der Waals surface area contributed by atoms with Gasteiger partial charge in [-0.25, -0.2) is 0 Å². The minimum Gasteiger partial charge on any atom is -0.333 e. The summed E-state index contributed by atoms with van der Waals surface area (Å²) < 4.78 is 1.47. The van der Waals surface area contributed by atoms with Gasteiger partial charge in [0, 0.05) is 29.5 Å². The number of non-ortho nitro benzene ring substituents is 1. The summed E-state index contributed by atoms with van der Waals surface area (Å²) in [5.41, 5.74) is 0.550. The van der Waals surface area contributed by atoms with E-state index in [0.29, 0.717) is 6.29 Å². The fourth-order valence-electron chi connectivity index (χ4n) is 1.91. The topological polar surface area (TPSA) is 82.2 Å². The highest BCUT2D eigenvalue weighted by Crippen LogP contribution is 2.18. The third-order valence-corrected chi connectivity index (χ3v) is 2.89. The van der Waals surface area contributed by atoms with Crippen LogP contribution in [0.3, 0.4) is 0 Å². The van der Waals surface area contributed by atoms with Crippen molar-refractivity contribution in [2.24, 2.45) is 0 Å². The normalized spacial score (nSPS) is 9.86. The first kappa shape index (κ1) is 14.2. The molecule has 0 fully saturated rings. The van der Waals surface area contributed by atoms with E-state index in [-0.39, 0.29) is 29.1 Å². The molecule has 1 aromatic heterocycles. The van der Waals surface area contributed by atoms with Crippen LogP contribution in [-0.2, 0) is 6.54 Å². The third-order valence-electron chi connectivity index (χ3n) is 2.89. The molecule has 0 atom stereocenters. The van der Waals surface area contributed by atoms with E-state index < -0.39 is 10.7 Å². The van der Waals surface area contributed by atoms with Crippen LogP contribution in [0.15, 0.2) is 36.5 Å². The second kappa shape index (κ2) is 5.84. The van der Waals surface area contributed by atoms with E-state index in [1.54, 1.807) is 0 Å². The number of carbonyl (C=O) groups is 2. The molecule has 6 heteroatoms. The number of aromatic nitrogens is 1. The van der Waals surface area contributed by atoms with E-state index in [9.17, 15) is 19.7 Å². The van der Waals surface area contributed by atoms with Crippen LogP contribution in [0.2, 0.25) is 0 Å². The fourth-order valence-corrected chi connectivity index (χ4v) is 1.91. The first-order valence-electron chi connectivity index (χ1n) is 5.94. The molecule has 0 unspecified atom stereocenters. The predicted octanol–water partition coefficient (Wildman–Crippen LogP) is 2.07. The molecule has 0 N–H and O–H groups in total. The van der Waals surface area contributed by atoms with Gasteiger partial charge in [0.05, 0.1) is 17.2 Å². The summed E-state index contributed by atoms with van der Waals surface area (Å²) in [6, 6.07) is 6.82. The number of terminal acetylenes is 1. The van der Waals surface area contributed by atoms with Crippen LogP contribution >= 0.6 is 0 Å². The van der Waals surface area contributed by atoms with E-state index in [1.807, 2.05) is 0 Å². The lowest BCUT2D eigenvalue weighted by Gasteiger charge is -1.99. The zero-order valence-corrected chi connectivity index (χ0v) is 10.9. The average Bonchev–Trinajstić information content (AvgIpc) is 2.90. The SMILES string of the molecule is C#CCn1cc(C(=O)c2cccc([N+](=O)[O-])c2)cc1C=O. The van der Waals surface area contributed by atoms with Gasteiger partial charge in [0.25, 0.3) is 5.69 Å².